The molecule has 3 aromatic carbocycles. The number of furan rings is 1. The van der Waals surface area contributed by atoms with E-state index in [1.807, 2.05) is 36.4 Å². The molecule has 6 nitrogen and oxygen atoms in total. The minimum atomic E-state index is -0.309. The van der Waals surface area contributed by atoms with Gasteiger partial charge < -0.3 is 19.4 Å². The first kappa shape index (κ1) is 18.6. The molecule has 0 bridgehead atoms. The van der Waals surface area contributed by atoms with Crippen molar-refractivity contribution >= 4 is 39.4 Å². The summed E-state index contributed by atoms with van der Waals surface area (Å²) in [5.74, 6) is 0.144. The molecular weight excluding hydrogens is 368 g/mol. The molecule has 0 aliphatic heterocycles. The second-order valence-corrected chi connectivity index (χ2v) is 6.87. The Morgan fingerprint density at radius 1 is 0.931 bits per heavy atom. The highest BCUT2D eigenvalue weighted by molar-refractivity contribution is 6.05. The topological polar surface area (TPSA) is 71.8 Å². The number of amides is 2. The van der Waals surface area contributed by atoms with Crippen molar-refractivity contribution in [2.75, 3.05) is 26.0 Å². The Morgan fingerprint density at radius 3 is 2.55 bits per heavy atom. The molecule has 0 spiro atoms. The predicted octanol–water partition coefficient (Wildman–Crippen LogP) is 4.31. The Hall–Kier alpha value is -3.80. The third-order valence-corrected chi connectivity index (χ3v) is 4.52. The Kier molecular flexibility index (Phi) is 4.91. The van der Waals surface area contributed by atoms with Crippen LogP contribution in [-0.4, -0.2) is 37.4 Å². The number of anilines is 1. The number of fused-ring (bicyclic) bond motifs is 3. The van der Waals surface area contributed by atoms with E-state index in [2.05, 4.69) is 5.32 Å². The van der Waals surface area contributed by atoms with Crippen molar-refractivity contribution in [1.82, 2.24) is 4.90 Å². The number of hydrogen-bond donors (Lipinski definition) is 1. The molecule has 29 heavy (non-hydrogen) atoms. The molecule has 1 N–H and O–H groups in total. The predicted molar refractivity (Wildman–Crippen MR) is 112 cm³/mol. The largest absolute Gasteiger partial charge is 0.484 e. The van der Waals surface area contributed by atoms with Gasteiger partial charge in [0, 0.05) is 36.1 Å². The van der Waals surface area contributed by atoms with Gasteiger partial charge in [0.05, 0.1) is 0 Å². The van der Waals surface area contributed by atoms with Crippen LogP contribution in [0.1, 0.15) is 10.4 Å². The summed E-state index contributed by atoms with van der Waals surface area (Å²) < 4.78 is 11.4. The highest BCUT2D eigenvalue weighted by Crippen LogP contribution is 2.31. The molecular formula is C23H20N2O4. The lowest BCUT2D eigenvalue weighted by Gasteiger charge is -2.12. The van der Waals surface area contributed by atoms with Crippen LogP contribution in [0.2, 0.25) is 0 Å². The number of hydrogen-bond acceptors (Lipinski definition) is 4. The third-order valence-electron chi connectivity index (χ3n) is 4.52. The van der Waals surface area contributed by atoms with Crippen molar-refractivity contribution in [3.8, 4) is 5.75 Å². The first-order chi connectivity index (χ1) is 14.0. The molecule has 4 aromatic rings. The Bertz CT molecular complexity index is 1210. The van der Waals surface area contributed by atoms with Crippen molar-refractivity contribution in [2.24, 2.45) is 0 Å². The van der Waals surface area contributed by atoms with Gasteiger partial charge in [-0.15, -0.1) is 0 Å². The van der Waals surface area contributed by atoms with Crippen molar-refractivity contribution in [3.05, 3.63) is 72.3 Å². The number of carbonyl (C=O) groups excluding carboxylic acids is 2. The average Bonchev–Trinajstić information content (AvgIpc) is 3.10. The van der Waals surface area contributed by atoms with E-state index < -0.39 is 0 Å². The molecule has 0 aliphatic carbocycles. The molecule has 2 amide bonds. The SMILES string of the molecule is CN(C)C(=O)c1cccc(NC(=O)COc2ccc3oc4ccccc4c3c2)c1. The fourth-order valence-electron chi connectivity index (χ4n) is 3.13. The van der Waals surface area contributed by atoms with Gasteiger partial charge in [-0.2, -0.15) is 0 Å². The quantitative estimate of drug-likeness (QED) is 0.553. The molecule has 0 fully saturated rings. The number of carbonyl (C=O) groups is 2. The van der Waals surface area contributed by atoms with E-state index in [9.17, 15) is 9.59 Å². The molecule has 0 saturated heterocycles. The Balaban J connectivity index is 1.44. The minimum Gasteiger partial charge on any atom is -0.484 e. The fraction of sp³-hybridized carbons (Fsp3) is 0.130. The van der Waals surface area contributed by atoms with E-state index in [1.54, 1.807) is 44.4 Å². The molecule has 0 atom stereocenters. The first-order valence-corrected chi connectivity index (χ1v) is 9.17. The maximum absolute atomic E-state index is 12.3. The number of benzene rings is 3. The highest BCUT2D eigenvalue weighted by atomic mass is 16.5. The monoisotopic (exact) mass is 388 g/mol. The highest BCUT2D eigenvalue weighted by Gasteiger charge is 2.11. The summed E-state index contributed by atoms with van der Waals surface area (Å²) in [5, 5.41) is 4.69. The molecule has 4 rings (SSSR count). The van der Waals surface area contributed by atoms with Crippen LogP contribution in [0.5, 0.6) is 5.75 Å². The van der Waals surface area contributed by atoms with Gasteiger partial charge in [-0.05, 0) is 42.5 Å². The number of nitrogens with one attached hydrogen (secondary N) is 1. The van der Waals surface area contributed by atoms with Crippen LogP contribution in [0.3, 0.4) is 0 Å². The summed E-state index contributed by atoms with van der Waals surface area (Å²) in [7, 11) is 3.36. The number of ether oxygens (including phenoxy) is 1. The standard InChI is InChI=1S/C23H20N2O4/c1-25(2)23(27)15-6-5-7-16(12-15)24-22(26)14-28-17-10-11-21-19(13-17)18-8-3-4-9-20(18)29-21/h3-13H,14H2,1-2H3,(H,24,26). The molecule has 0 unspecified atom stereocenters. The van der Waals surface area contributed by atoms with Gasteiger partial charge >= 0.3 is 0 Å². The lowest BCUT2D eigenvalue weighted by molar-refractivity contribution is -0.118. The summed E-state index contributed by atoms with van der Waals surface area (Å²) in [6.45, 7) is -0.146. The van der Waals surface area contributed by atoms with Gasteiger partial charge in [-0.3, -0.25) is 9.59 Å². The second kappa shape index (κ2) is 7.67. The summed E-state index contributed by atoms with van der Waals surface area (Å²) in [5.41, 5.74) is 2.63. The van der Waals surface area contributed by atoms with E-state index in [0.717, 1.165) is 21.9 Å². The lowest BCUT2D eigenvalue weighted by Crippen LogP contribution is -2.23. The van der Waals surface area contributed by atoms with Crippen LogP contribution < -0.4 is 10.1 Å². The molecule has 6 heteroatoms. The van der Waals surface area contributed by atoms with Gasteiger partial charge in [-0.1, -0.05) is 24.3 Å². The van der Waals surface area contributed by atoms with Crippen LogP contribution in [0.4, 0.5) is 5.69 Å². The van der Waals surface area contributed by atoms with E-state index in [-0.39, 0.29) is 18.4 Å². The van der Waals surface area contributed by atoms with E-state index in [4.69, 9.17) is 9.15 Å². The van der Waals surface area contributed by atoms with Crippen molar-refractivity contribution in [3.63, 3.8) is 0 Å². The number of para-hydroxylation sites is 1. The van der Waals surface area contributed by atoms with Crippen molar-refractivity contribution < 1.29 is 18.7 Å². The zero-order chi connectivity index (χ0) is 20.4. The van der Waals surface area contributed by atoms with Crippen LogP contribution in [0.25, 0.3) is 21.9 Å². The van der Waals surface area contributed by atoms with Crippen molar-refractivity contribution in [2.45, 2.75) is 0 Å². The molecule has 0 aliphatic rings. The normalized spacial score (nSPS) is 10.8. The van der Waals surface area contributed by atoms with Crippen LogP contribution in [-0.2, 0) is 4.79 Å². The van der Waals surface area contributed by atoms with Crippen LogP contribution in [0, 0.1) is 0 Å². The zero-order valence-electron chi connectivity index (χ0n) is 16.1. The molecule has 1 aromatic heterocycles. The zero-order valence-corrected chi connectivity index (χ0v) is 16.1. The maximum Gasteiger partial charge on any atom is 0.262 e. The van der Waals surface area contributed by atoms with E-state index >= 15 is 0 Å². The molecule has 146 valence electrons. The summed E-state index contributed by atoms with van der Waals surface area (Å²) in [4.78, 5) is 25.8. The van der Waals surface area contributed by atoms with E-state index in [0.29, 0.717) is 17.0 Å². The van der Waals surface area contributed by atoms with Crippen LogP contribution >= 0.6 is 0 Å². The van der Waals surface area contributed by atoms with Crippen LogP contribution in [0.15, 0.2) is 71.1 Å². The molecule has 0 saturated carbocycles. The minimum absolute atomic E-state index is 0.127. The first-order valence-electron chi connectivity index (χ1n) is 9.17. The lowest BCUT2D eigenvalue weighted by atomic mass is 10.1. The Morgan fingerprint density at radius 2 is 1.72 bits per heavy atom. The fourth-order valence-corrected chi connectivity index (χ4v) is 3.13. The summed E-state index contributed by atoms with van der Waals surface area (Å²) in [6.07, 6.45) is 0. The van der Waals surface area contributed by atoms with E-state index in [1.165, 1.54) is 4.90 Å². The summed E-state index contributed by atoms with van der Waals surface area (Å²) in [6, 6.07) is 20.1. The smallest absolute Gasteiger partial charge is 0.262 e. The average molecular weight is 388 g/mol. The van der Waals surface area contributed by atoms with Gasteiger partial charge in [0.15, 0.2) is 6.61 Å². The number of rotatable bonds is 5. The second-order valence-electron chi connectivity index (χ2n) is 6.87. The van der Waals surface area contributed by atoms with Gasteiger partial charge in [0.25, 0.3) is 11.8 Å². The Labute approximate surface area is 167 Å². The third kappa shape index (κ3) is 3.91. The molecule has 0 radical (unpaired) electrons. The summed E-state index contributed by atoms with van der Waals surface area (Å²) >= 11 is 0. The van der Waals surface area contributed by atoms with Gasteiger partial charge in [0.1, 0.15) is 16.9 Å². The maximum atomic E-state index is 12.3. The molecule has 1 heterocycles. The van der Waals surface area contributed by atoms with Gasteiger partial charge in [0.2, 0.25) is 0 Å². The van der Waals surface area contributed by atoms with Gasteiger partial charge in [-0.25, -0.2) is 0 Å². The van der Waals surface area contributed by atoms with Crippen molar-refractivity contribution in [1.29, 1.82) is 0 Å². The number of nitrogens with zero attached hydrogens (tertiary/aromatic N) is 1.